The topological polar surface area (TPSA) is 12.0 Å². The predicted octanol–water partition coefficient (Wildman–Crippen LogP) is 4.51. The van der Waals surface area contributed by atoms with Crippen LogP contribution in [0.3, 0.4) is 0 Å². The van der Waals surface area contributed by atoms with Crippen LogP contribution in [0.5, 0.6) is 0 Å². The molecule has 0 aliphatic rings. The normalized spacial score (nSPS) is 12.5. The van der Waals surface area contributed by atoms with E-state index in [0.717, 1.165) is 21.2 Å². The Hall–Kier alpha value is -1.19. The van der Waals surface area contributed by atoms with Crippen LogP contribution in [-0.4, -0.2) is 7.05 Å². The Balaban J connectivity index is 2.49. The van der Waals surface area contributed by atoms with Crippen LogP contribution in [0.25, 0.3) is 0 Å². The fourth-order valence-electron chi connectivity index (χ4n) is 2.21. The molecule has 1 unspecified atom stereocenters. The van der Waals surface area contributed by atoms with Crippen LogP contribution in [0.2, 0.25) is 0 Å². The van der Waals surface area contributed by atoms with Gasteiger partial charge in [0.25, 0.3) is 0 Å². The summed E-state index contributed by atoms with van der Waals surface area (Å²) >= 11 is 3.55. The smallest absolute Gasteiger partial charge is 0.123 e. The first-order valence-corrected chi connectivity index (χ1v) is 7.01. The zero-order chi connectivity index (χ0) is 14.0. The summed E-state index contributed by atoms with van der Waals surface area (Å²) in [5.41, 5.74) is 4.36. The molecule has 0 heterocycles. The van der Waals surface area contributed by atoms with E-state index in [9.17, 15) is 4.39 Å². The van der Waals surface area contributed by atoms with Gasteiger partial charge in [0, 0.05) is 4.47 Å². The zero-order valence-electron chi connectivity index (χ0n) is 11.3. The van der Waals surface area contributed by atoms with E-state index in [2.05, 4.69) is 46.4 Å². The first-order chi connectivity index (χ1) is 9.02. The van der Waals surface area contributed by atoms with Crippen molar-refractivity contribution in [3.63, 3.8) is 0 Å². The summed E-state index contributed by atoms with van der Waals surface area (Å²) in [6.07, 6.45) is 0. The first kappa shape index (κ1) is 14.2. The van der Waals surface area contributed by atoms with Gasteiger partial charge < -0.3 is 5.32 Å². The minimum Gasteiger partial charge on any atom is -0.309 e. The fraction of sp³-hybridized carbons (Fsp3) is 0.250. The van der Waals surface area contributed by atoms with Crippen LogP contribution in [0.1, 0.15) is 28.3 Å². The summed E-state index contributed by atoms with van der Waals surface area (Å²) in [6.45, 7) is 4.05. The van der Waals surface area contributed by atoms with E-state index in [-0.39, 0.29) is 11.9 Å². The third-order valence-electron chi connectivity index (χ3n) is 3.37. The monoisotopic (exact) mass is 321 g/mol. The second kappa shape index (κ2) is 5.85. The van der Waals surface area contributed by atoms with Crippen molar-refractivity contribution >= 4 is 15.9 Å². The van der Waals surface area contributed by atoms with Crippen LogP contribution in [0, 0.1) is 19.7 Å². The summed E-state index contributed by atoms with van der Waals surface area (Å²) in [4.78, 5) is 0. The Labute approximate surface area is 122 Å². The van der Waals surface area contributed by atoms with Gasteiger partial charge in [0.2, 0.25) is 0 Å². The van der Waals surface area contributed by atoms with Gasteiger partial charge in [0.1, 0.15) is 5.82 Å². The van der Waals surface area contributed by atoms with Crippen LogP contribution >= 0.6 is 15.9 Å². The Morgan fingerprint density at radius 1 is 1.05 bits per heavy atom. The van der Waals surface area contributed by atoms with Crippen molar-refractivity contribution in [3.8, 4) is 0 Å². The highest BCUT2D eigenvalue weighted by Gasteiger charge is 2.15. The molecule has 0 fully saturated rings. The van der Waals surface area contributed by atoms with Crippen LogP contribution < -0.4 is 5.32 Å². The van der Waals surface area contributed by atoms with Crippen LogP contribution in [0.4, 0.5) is 4.39 Å². The van der Waals surface area contributed by atoms with Crippen molar-refractivity contribution in [2.75, 3.05) is 7.05 Å². The summed E-state index contributed by atoms with van der Waals surface area (Å²) < 4.78 is 14.5. The highest BCUT2D eigenvalue weighted by atomic mass is 79.9. The average molecular weight is 322 g/mol. The molecule has 2 aromatic rings. The number of rotatable bonds is 3. The van der Waals surface area contributed by atoms with Crippen molar-refractivity contribution < 1.29 is 4.39 Å². The van der Waals surface area contributed by atoms with Gasteiger partial charge in [-0.1, -0.05) is 34.1 Å². The van der Waals surface area contributed by atoms with Gasteiger partial charge in [0.05, 0.1) is 6.04 Å². The Kier molecular flexibility index (Phi) is 4.38. The van der Waals surface area contributed by atoms with Gasteiger partial charge in [-0.15, -0.1) is 0 Å². The quantitative estimate of drug-likeness (QED) is 0.876. The maximum absolute atomic E-state index is 13.5. The third kappa shape index (κ3) is 3.04. The molecular weight excluding hydrogens is 305 g/mol. The minimum absolute atomic E-state index is 0.00685. The molecule has 0 amide bonds. The molecule has 2 rings (SSSR count). The fourth-order valence-corrected chi connectivity index (χ4v) is 2.61. The van der Waals surface area contributed by atoms with Crippen molar-refractivity contribution in [3.05, 3.63) is 68.9 Å². The first-order valence-electron chi connectivity index (χ1n) is 6.22. The average Bonchev–Trinajstić information content (AvgIpc) is 2.38. The summed E-state index contributed by atoms with van der Waals surface area (Å²) in [5.74, 6) is -0.202. The van der Waals surface area contributed by atoms with E-state index < -0.39 is 0 Å². The van der Waals surface area contributed by atoms with Crippen molar-refractivity contribution in [2.45, 2.75) is 19.9 Å². The lowest BCUT2D eigenvalue weighted by atomic mass is 9.94. The Bertz CT molecular complexity index is 595. The summed E-state index contributed by atoms with van der Waals surface area (Å²) in [5, 5.41) is 3.26. The number of nitrogens with one attached hydrogen (secondary N) is 1. The van der Waals surface area contributed by atoms with Crippen molar-refractivity contribution in [2.24, 2.45) is 0 Å². The highest BCUT2D eigenvalue weighted by Crippen LogP contribution is 2.28. The SMILES string of the molecule is CNC(c1ccc(C)c(Br)c1)c1cc(F)ccc1C. The molecular formula is C16H17BrFN. The number of benzene rings is 2. The lowest BCUT2D eigenvalue weighted by Crippen LogP contribution is -2.19. The zero-order valence-corrected chi connectivity index (χ0v) is 12.9. The molecule has 1 nitrogen and oxygen atoms in total. The van der Waals surface area contributed by atoms with E-state index in [4.69, 9.17) is 0 Å². The van der Waals surface area contributed by atoms with E-state index in [0.29, 0.717) is 0 Å². The lowest BCUT2D eigenvalue weighted by molar-refractivity contribution is 0.615. The number of hydrogen-bond acceptors (Lipinski definition) is 1. The molecule has 0 radical (unpaired) electrons. The molecule has 100 valence electrons. The van der Waals surface area contributed by atoms with Crippen LogP contribution in [0.15, 0.2) is 40.9 Å². The molecule has 0 aliphatic heterocycles. The van der Waals surface area contributed by atoms with Crippen molar-refractivity contribution in [1.82, 2.24) is 5.32 Å². The van der Waals surface area contributed by atoms with Gasteiger partial charge >= 0.3 is 0 Å². The maximum Gasteiger partial charge on any atom is 0.123 e. The molecule has 3 heteroatoms. The predicted molar refractivity (Wildman–Crippen MR) is 80.9 cm³/mol. The van der Waals surface area contributed by atoms with E-state index in [1.54, 1.807) is 6.07 Å². The van der Waals surface area contributed by atoms with Gasteiger partial charge in [-0.05, 0) is 61.3 Å². The molecule has 0 bridgehead atoms. The second-order valence-corrected chi connectivity index (χ2v) is 5.59. The molecule has 1 N–H and O–H groups in total. The van der Waals surface area contributed by atoms with Crippen LogP contribution in [-0.2, 0) is 0 Å². The molecule has 0 aromatic heterocycles. The van der Waals surface area contributed by atoms with E-state index in [1.807, 2.05) is 20.0 Å². The number of aryl methyl sites for hydroxylation is 2. The molecule has 2 aromatic carbocycles. The van der Waals surface area contributed by atoms with Gasteiger partial charge in [-0.2, -0.15) is 0 Å². The second-order valence-electron chi connectivity index (χ2n) is 4.73. The standard InChI is InChI=1S/C16H17BrFN/c1-10-5-7-13(18)9-14(10)16(19-3)12-6-4-11(2)15(17)8-12/h4-9,16,19H,1-3H3. The van der Waals surface area contributed by atoms with E-state index >= 15 is 0 Å². The van der Waals surface area contributed by atoms with Gasteiger partial charge in [-0.25, -0.2) is 4.39 Å². The number of hydrogen-bond donors (Lipinski definition) is 1. The third-order valence-corrected chi connectivity index (χ3v) is 4.22. The van der Waals surface area contributed by atoms with Gasteiger partial charge in [0.15, 0.2) is 0 Å². The molecule has 0 saturated heterocycles. The van der Waals surface area contributed by atoms with E-state index in [1.165, 1.54) is 11.6 Å². The highest BCUT2D eigenvalue weighted by molar-refractivity contribution is 9.10. The molecule has 0 spiro atoms. The Morgan fingerprint density at radius 2 is 1.74 bits per heavy atom. The van der Waals surface area contributed by atoms with Gasteiger partial charge in [-0.3, -0.25) is 0 Å². The van der Waals surface area contributed by atoms with Crippen molar-refractivity contribution in [1.29, 1.82) is 0 Å². The lowest BCUT2D eigenvalue weighted by Gasteiger charge is -2.20. The molecule has 0 saturated carbocycles. The molecule has 19 heavy (non-hydrogen) atoms. The molecule has 1 atom stereocenters. The molecule has 0 aliphatic carbocycles. The minimum atomic E-state index is -0.202. The maximum atomic E-state index is 13.5. The summed E-state index contributed by atoms with van der Waals surface area (Å²) in [6, 6.07) is 11.1. The largest absolute Gasteiger partial charge is 0.309 e. The number of halogens is 2. The Morgan fingerprint density at radius 3 is 2.37 bits per heavy atom. The summed E-state index contributed by atoms with van der Waals surface area (Å²) in [7, 11) is 1.89.